The second kappa shape index (κ2) is 8.67. The molecule has 2 aromatic carbocycles. The van der Waals surface area contributed by atoms with Gasteiger partial charge in [-0.1, -0.05) is 12.1 Å². The summed E-state index contributed by atoms with van der Waals surface area (Å²) in [5.74, 6) is -0.609. The smallest absolute Gasteiger partial charge is 0.290 e. The van der Waals surface area contributed by atoms with Crippen molar-refractivity contribution in [1.82, 2.24) is 4.90 Å². The van der Waals surface area contributed by atoms with Gasteiger partial charge in [0.05, 0.1) is 16.9 Å². The first-order valence-electron chi connectivity index (χ1n) is 10.9. The van der Waals surface area contributed by atoms with Crippen molar-refractivity contribution in [1.29, 1.82) is 0 Å². The highest BCUT2D eigenvalue weighted by Crippen LogP contribution is 2.25. The molecule has 0 unspecified atom stereocenters. The third-order valence-electron chi connectivity index (χ3n) is 6.27. The van der Waals surface area contributed by atoms with Crippen LogP contribution in [-0.2, 0) is 16.4 Å². The highest BCUT2D eigenvalue weighted by Gasteiger charge is 2.36. The molecule has 2 heterocycles. The molecule has 0 aliphatic carbocycles. The zero-order valence-electron chi connectivity index (χ0n) is 19.3. The van der Waals surface area contributed by atoms with E-state index in [0.717, 1.165) is 22.4 Å². The summed E-state index contributed by atoms with van der Waals surface area (Å²) in [6.45, 7) is 4.05. The van der Waals surface area contributed by atoms with Crippen molar-refractivity contribution in [2.45, 2.75) is 32.9 Å². The molecule has 7 nitrogen and oxygen atoms in total. The summed E-state index contributed by atoms with van der Waals surface area (Å²) in [7, 11) is 0.675. The normalized spacial score (nSPS) is 17.3. The van der Waals surface area contributed by atoms with E-state index in [1.54, 1.807) is 12.1 Å². The maximum Gasteiger partial charge on any atom is 0.290 e. The number of hydrogen-bond donors (Lipinski definition) is 0. The second-order valence-corrected chi connectivity index (χ2v) is 11.2. The second-order valence-electron chi connectivity index (χ2n) is 8.96. The van der Waals surface area contributed by atoms with Gasteiger partial charge in [0.2, 0.25) is 0 Å². The molecule has 0 radical (unpaired) electrons. The van der Waals surface area contributed by atoms with Gasteiger partial charge in [0.15, 0.2) is 21.0 Å². The molecular formula is C25H28N2O5S. The van der Waals surface area contributed by atoms with Gasteiger partial charge in [0, 0.05) is 38.4 Å². The number of carbonyl (C=O) groups is 1. The van der Waals surface area contributed by atoms with E-state index in [4.69, 9.17) is 4.42 Å². The number of rotatable bonds is 5. The lowest BCUT2D eigenvalue weighted by Crippen LogP contribution is -2.40. The monoisotopic (exact) mass is 468 g/mol. The first kappa shape index (κ1) is 23.0. The van der Waals surface area contributed by atoms with Crippen LogP contribution in [0.4, 0.5) is 5.69 Å². The summed E-state index contributed by atoms with van der Waals surface area (Å²) >= 11 is 0. The van der Waals surface area contributed by atoms with Gasteiger partial charge >= 0.3 is 0 Å². The van der Waals surface area contributed by atoms with Crippen LogP contribution in [0.1, 0.15) is 33.7 Å². The van der Waals surface area contributed by atoms with Crippen LogP contribution in [0.5, 0.6) is 0 Å². The van der Waals surface area contributed by atoms with Gasteiger partial charge in [-0.25, -0.2) is 8.42 Å². The van der Waals surface area contributed by atoms with E-state index in [9.17, 15) is 18.0 Å². The van der Waals surface area contributed by atoms with E-state index >= 15 is 0 Å². The minimum absolute atomic E-state index is 0.0428. The van der Waals surface area contributed by atoms with Crippen LogP contribution < -0.4 is 10.3 Å². The molecule has 1 atom stereocenters. The molecule has 3 aromatic rings. The molecule has 1 aromatic heterocycles. The molecule has 1 saturated heterocycles. The number of hydrogen-bond acceptors (Lipinski definition) is 6. The molecule has 0 spiro atoms. The highest BCUT2D eigenvalue weighted by atomic mass is 32.2. The molecule has 1 aliphatic rings. The molecule has 1 amide bonds. The fourth-order valence-electron chi connectivity index (χ4n) is 4.14. The fraction of sp³-hybridized carbons (Fsp3) is 0.360. The maximum absolute atomic E-state index is 13.6. The topological polar surface area (TPSA) is 87.9 Å². The molecule has 8 heteroatoms. The Morgan fingerprint density at radius 1 is 1.06 bits per heavy atom. The molecule has 174 valence electrons. The molecule has 33 heavy (non-hydrogen) atoms. The Labute approximate surface area is 193 Å². The lowest BCUT2D eigenvalue weighted by molar-refractivity contribution is 0.0648. The van der Waals surface area contributed by atoms with Crippen LogP contribution in [0.3, 0.4) is 0 Å². The Morgan fingerprint density at radius 3 is 2.33 bits per heavy atom. The Hall–Kier alpha value is -3.13. The number of sulfone groups is 1. The Bertz CT molecular complexity index is 1370. The molecular weight excluding hydrogens is 440 g/mol. The zero-order valence-corrected chi connectivity index (χ0v) is 20.1. The summed E-state index contributed by atoms with van der Waals surface area (Å²) in [5, 5.41) is 0.420. The number of anilines is 1. The van der Waals surface area contributed by atoms with E-state index in [-0.39, 0.29) is 29.2 Å². The maximum atomic E-state index is 13.6. The van der Waals surface area contributed by atoms with Crippen LogP contribution >= 0.6 is 0 Å². The average molecular weight is 469 g/mol. The predicted octanol–water partition coefficient (Wildman–Crippen LogP) is 3.31. The first-order valence-corrected chi connectivity index (χ1v) is 12.7. The third kappa shape index (κ3) is 4.80. The molecule has 0 N–H and O–H groups in total. The Balaban J connectivity index is 1.72. The minimum Gasteiger partial charge on any atom is -0.451 e. The SMILES string of the molecule is Cc1cc2oc(C(=O)N(Cc3ccc(N(C)C)cc3)[C@@H]3CCS(=O)(=O)C3)cc(=O)c2cc1C. The van der Waals surface area contributed by atoms with Crippen molar-refractivity contribution in [2.75, 3.05) is 30.5 Å². The summed E-state index contributed by atoms with van der Waals surface area (Å²) in [6.07, 6.45) is 0.361. The van der Waals surface area contributed by atoms with E-state index < -0.39 is 21.8 Å². The van der Waals surface area contributed by atoms with Gasteiger partial charge < -0.3 is 14.2 Å². The largest absolute Gasteiger partial charge is 0.451 e. The third-order valence-corrected chi connectivity index (χ3v) is 8.02. The number of carbonyl (C=O) groups excluding carboxylic acids is 1. The molecule has 0 saturated carbocycles. The first-order chi connectivity index (χ1) is 15.5. The van der Waals surface area contributed by atoms with E-state index in [2.05, 4.69) is 0 Å². The van der Waals surface area contributed by atoms with Gasteiger partial charge in [-0.3, -0.25) is 9.59 Å². The number of aryl methyl sites for hydroxylation is 2. The van der Waals surface area contributed by atoms with Gasteiger partial charge in [-0.05, 0) is 61.2 Å². The van der Waals surface area contributed by atoms with Crippen LogP contribution in [0.15, 0.2) is 51.7 Å². The van der Waals surface area contributed by atoms with Crippen molar-refractivity contribution in [2.24, 2.45) is 0 Å². The molecule has 1 fully saturated rings. The summed E-state index contributed by atoms with van der Waals surface area (Å²) in [5.41, 5.74) is 3.86. The summed E-state index contributed by atoms with van der Waals surface area (Å²) < 4.78 is 30.2. The van der Waals surface area contributed by atoms with Crippen molar-refractivity contribution < 1.29 is 17.6 Å². The number of benzene rings is 2. The average Bonchev–Trinajstić information content (AvgIpc) is 3.12. The van der Waals surface area contributed by atoms with Crippen LogP contribution in [-0.4, -0.2) is 50.9 Å². The van der Waals surface area contributed by atoms with Crippen molar-refractivity contribution in [3.05, 3.63) is 75.1 Å². The van der Waals surface area contributed by atoms with Crippen LogP contribution in [0.25, 0.3) is 11.0 Å². The number of nitrogens with zero attached hydrogens (tertiary/aromatic N) is 2. The molecule has 0 bridgehead atoms. The molecule has 4 rings (SSSR count). The van der Waals surface area contributed by atoms with Gasteiger partial charge in [0.25, 0.3) is 5.91 Å². The minimum atomic E-state index is -3.21. The summed E-state index contributed by atoms with van der Waals surface area (Å²) in [6, 6.07) is 12.0. The number of fused-ring (bicyclic) bond motifs is 1. The van der Waals surface area contributed by atoms with E-state index in [1.807, 2.05) is 57.1 Å². The van der Waals surface area contributed by atoms with Crippen molar-refractivity contribution in [3.8, 4) is 0 Å². The highest BCUT2D eigenvalue weighted by molar-refractivity contribution is 7.91. The van der Waals surface area contributed by atoms with Crippen molar-refractivity contribution >= 4 is 32.4 Å². The van der Waals surface area contributed by atoms with Gasteiger partial charge in [-0.15, -0.1) is 0 Å². The Kier molecular flexibility index (Phi) is 6.05. The van der Waals surface area contributed by atoms with E-state index in [0.29, 0.717) is 17.4 Å². The summed E-state index contributed by atoms with van der Waals surface area (Å²) in [4.78, 5) is 29.8. The standard InChI is InChI=1S/C25H28N2O5S/c1-16-11-21-22(28)13-24(32-23(21)12-17(16)2)25(29)27(20-9-10-33(30,31)15-20)14-18-5-7-19(8-6-18)26(3)4/h5-8,11-13,20H,9-10,14-15H2,1-4H3/t20-/m1/s1. The van der Waals surface area contributed by atoms with Crippen LogP contribution in [0, 0.1) is 13.8 Å². The quantitative estimate of drug-likeness (QED) is 0.571. The van der Waals surface area contributed by atoms with Crippen LogP contribution in [0.2, 0.25) is 0 Å². The lowest BCUT2D eigenvalue weighted by atomic mass is 10.1. The van der Waals surface area contributed by atoms with Gasteiger partial charge in [-0.2, -0.15) is 0 Å². The Morgan fingerprint density at radius 2 is 1.73 bits per heavy atom. The van der Waals surface area contributed by atoms with Crippen molar-refractivity contribution in [3.63, 3.8) is 0 Å². The lowest BCUT2D eigenvalue weighted by Gasteiger charge is -2.28. The molecule has 1 aliphatic heterocycles. The number of amides is 1. The van der Waals surface area contributed by atoms with E-state index in [1.165, 1.54) is 11.0 Å². The zero-order chi connectivity index (χ0) is 23.9. The fourth-order valence-corrected chi connectivity index (χ4v) is 5.87. The predicted molar refractivity (Wildman–Crippen MR) is 130 cm³/mol. The van der Waals surface area contributed by atoms with Gasteiger partial charge in [0.1, 0.15) is 5.58 Å².